The minimum absolute atomic E-state index is 0.540. The minimum atomic E-state index is 0.540. The van der Waals surface area contributed by atoms with Crippen molar-refractivity contribution >= 4 is 5.82 Å². The lowest BCUT2D eigenvalue weighted by Crippen LogP contribution is -2.31. The van der Waals surface area contributed by atoms with Crippen molar-refractivity contribution in [3.05, 3.63) is 16.8 Å². The Morgan fingerprint density at radius 1 is 1.05 bits per heavy atom. The maximum atomic E-state index is 6.01. The van der Waals surface area contributed by atoms with Gasteiger partial charge in [-0.15, -0.1) is 5.10 Å². The summed E-state index contributed by atoms with van der Waals surface area (Å²) in [5.74, 6) is 1.64. The number of anilines is 1. The first kappa shape index (κ1) is 16.9. The first-order valence-corrected chi connectivity index (χ1v) is 7.94. The van der Waals surface area contributed by atoms with Crippen LogP contribution in [0.25, 0.3) is 0 Å². The van der Waals surface area contributed by atoms with Gasteiger partial charge in [0.1, 0.15) is 0 Å². The summed E-state index contributed by atoms with van der Waals surface area (Å²) in [6.07, 6.45) is 3.07. The molecule has 4 heteroatoms. The molecule has 1 heterocycles. The number of nitrogens with two attached hydrogens (primary N) is 1. The molecule has 0 spiro atoms. The molecule has 1 aromatic heterocycles. The fraction of sp³-hybridized carbons (Fsp3) is 0.750. The van der Waals surface area contributed by atoms with Crippen LogP contribution in [0.1, 0.15) is 57.9 Å². The van der Waals surface area contributed by atoms with Crippen LogP contribution in [-0.4, -0.2) is 23.3 Å². The zero-order valence-electron chi connectivity index (χ0n) is 13.7. The second kappa shape index (κ2) is 8.20. The van der Waals surface area contributed by atoms with Crippen LogP contribution in [0.5, 0.6) is 0 Å². The third kappa shape index (κ3) is 3.69. The van der Waals surface area contributed by atoms with Gasteiger partial charge in [0.25, 0.3) is 0 Å². The fourth-order valence-corrected chi connectivity index (χ4v) is 2.58. The normalized spacial score (nSPS) is 12.5. The monoisotopic (exact) mass is 278 g/mol. The summed E-state index contributed by atoms with van der Waals surface area (Å²) in [6.45, 7) is 13.5. The van der Waals surface area contributed by atoms with E-state index in [0.717, 1.165) is 37.4 Å². The molecule has 1 unspecified atom stereocenters. The van der Waals surface area contributed by atoms with Crippen LogP contribution in [0.3, 0.4) is 0 Å². The summed E-state index contributed by atoms with van der Waals surface area (Å²) in [7, 11) is 0. The van der Waals surface area contributed by atoms with Gasteiger partial charge in [0.05, 0.1) is 5.69 Å². The van der Waals surface area contributed by atoms with E-state index in [2.05, 4.69) is 49.7 Å². The molecule has 1 rings (SSSR count). The van der Waals surface area contributed by atoms with Crippen LogP contribution >= 0.6 is 0 Å². The van der Waals surface area contributed by atoms with Crippen molar-refractivity contribution < 1.29 is 0 Å². The molecule has 0 aliphatic rings. The quantitative estimate of drug-likeness (QED) is 0.794. The minimum Gasteiger partial charge on any atom is -0.355 e. The topological polar surface area (TPSA) is 55.0 Å². The molecule has 0 aromatic carbocycles. The molecule has 2 N–H and O–H groups in total. The highest BCUT2D eigenvalue weighted by Crippen LogP contribution is 2.24. The molecule has 0 aliphatic carbocycles. The number of hydrogen-bond acceptors (Lipinski definition) is 4. The predicted molar refractivity (Wildman–Crippen MR) is 86.0 cm³/mol. The van der Waals surface area contributed by atoms with Crippen LogP contribution in [0.15, 0.2) is 0 Å². The van der Waals surface area contributed by atoms with Gasteiger partial charge in [0.2, 0.25) is 0 Å². The van der Waals surface area contributed by atoms with E-state index < -0.39 is 0 Å². The van der Waals surface area contributed by atoms with Crippen LogP contribution in [0, 0.1) is 5.92 Å². The van der Waals surface area contributed by atoms with Crippen molar-refractivity contribution in [1.29, 1.82) is 0 Å². The van der Waals surface area contributed by atoms with Crippen LogP contribution in [-0.2, 0) is 19.4 Å². The van der Waals surface area contributed by atoms with Gasteiger partial charge in [-0.1, -0.05) is 34.1 Å². The summed E-state index contributed by atoms with van der Waals surface area (Å²) in [5, 5.41) is 8.91. The van der Waals surface area contributed by atoms with E-state index in [1.807, 2.05) is 0 Å². The van der Waals surface area contributed by atoms with Gasteiger partial charge in [-0.25, -0.2) is 0 Å². The van der Waals surface area contributed by atoms with Crippen molar-refractivity contribution in [2.75, 3.05) is 18.0 Å². The van der Waals surface area contributed by atoms with Crippen LogP contribution in [0.2, 0.25) is 0 Å². The maximum absolute atomic E-state index is 6.01. The Balaban J connectivity index is 3.21. The fourth-order valence-electron chi connectivity index (χ4n) is 2.58. The summed E-state index contributed by atoms with van der Waals surface area (Å²) < 4.78 is 0. The Hall–Kier alpha value is -1.16. The van der Waals surface area contributed by atoms with E-state index in [-0.39, 0.29) is 0 Å². The third-order valence-electron chi connectivity index (χ3n) is 4.05. The molecule has 114 valence electrons. The Kier molecular flexibility index (Phi) is 6.93. The average molecular weight is 278 g/mol. The van der Waals surface area contributed by atoms with Crippen LogP contribution in [0.4, 0.5) is 5.82 Å². The Morgan fingerprint density at radius 3 is 2.20 bits per heavy atom. The SMILES string of the molecule is CCc1nnc(N(CC)CC(C)CC)c(CN)c1CC. The lowest BCUT2D eigenvalue weighted by Gasteiger charge is -2.28. The van der Waals surface area contributed by atoms with Gasteiger partial charge >= 0.3 is 0 Å². The molecule has 0 amide bonds. The van der Waals surface area contributed by atoms with Gasteiger partial charge < -0.3 is 10.6 Å². The molecule has 4 nitrogen and oxygen atoms in total. The highest BCUT2D eigenvalue weighted by atomic mass is 15.3. The Bertz CT molecular complexity index is 417. The standard InChI is InChI=1S/C16H30N4/c1-6-12(5)11-20(9-4)16-14(10-17)13(7-2)15(8-3)18-19-16/h12H,6-11,17H2,1-5H3. The molecule has 0 saturated carbocycles. The average Bonchev–Trinajstić information content (AvgIpc) is 2.50. The highest BCUT2D eigenvalue weighted by Gasteiger charge is 2.18. The zero-order chi connectivity index (χ0) is 15.1. The molecular formula is C16H30N4. The molecule has 1 aromatic rings. The van der Waals surface area contributed by atoms with Gasteiger partial charge in [0.15, 0.2) is 5.82 Å². The zero-order valence-corrected chi connectivity index (χ0v) is 13.7. The van der Waals surface area contributed by atoms with E-state index in [9.17, 15) is 0 Å². The van der Waals surface area contributed by atoms with Gasteiger partial charge in [0, 0.05) is 25.2 Å². The summed E-state index contributed by atoms with van der Waals surface area (Å²) in [6, 6.07) is 0. The van der Waals surface area contributed by atoms with Crippen molar-refractivity contribution in [3.63, 3.8) is 0 Å². The first-order chi connectivity index (χ1) is 9.62. The van der Waals surface area contributed by atoms with Crippen molar-refractivity contribution in [2.24, 2.45) is 11.7 Å². The number of aryl methyl sites for hydroxylation is 1. The Labute approximate surface area is 123 Å². The lowest BCUT2D eigenvalue weighted by atomic mass is 10.0. The molecule has 0 fully saturated rings. The van der Waals surface area contributed by atoms with Gasteiger partial charge in [-0.05, 0) is 31.2 Å². The second-order valence-corrected chi connectivity index (χ2v) is 5.39. The predicted octanol–water partition coefficient (Wildman–Crippen LogP) is 2.93. The van der Waals surface area contributed by atoms with Crippen molar-refractivity contribution in [1.82, 2.24) is 10.2 Å². The van der Waals surface area contributed by atoms with Crippen molar-refractivity contribution in [3.8, 4) is 0 Å². The number of rotatable bonds is 8. The molecule has 0 radical (unpaired) electrons. The summed E-state index contributed by atoms with van der Waals surface area (Å²) >= 11 is 0. The van der Waals surface area contributed by atoms with E-state index in [1.165, 1.54) is 17.5 Å². The molecular weight excluding hydrogens is 248 g/mol. The summed E-state index contributed by atoms with van der Waals surface area (Å²) in [4.78, 5) is 2.32. The molecule has 0 bridgehead atoms. The smallest absolute Gasteiger partial charge is 0.156 e. The van der Waals surface area contributed by atoms with Crippen LogP contribution < -0.4 is 10.6 Å². The van der Waals surface area contributed by atoms with E-state index in [0.29, 0.717) is 12.5 Å². The number of nitrogens with zero attached hydrogens (tertiary/aromatic N) is 3. The van der Waals surface area contributed by atoms with E-state index in [1.54, 1.807) is 0 Å². The van der Waals surface area contributed by atoms with E-state index in [4.69, 9.17) is 5.73 Å². The maximum Gasteiger partial charge on any atom is 0.156 e. The largest absolute Gasteiger partial charge is 0.355 e. The second-order valence-electron chi connectivity index (χ2n) is 5.39. The van der Waals surface area contributed by atoms with Gasteiger partial charge in [-0.3, -0.25) is 0 Å². The van der Waals surface area contributed by atoms with Crippen molar-refractivity contribution in [2.45, 2.75) is 60.4 Å². The van der Waals surface area contributed by atoms with Gasteiger partial charge in [-0.2, -0.15) is 5.10 Å². The molecule has 1 atom stereocenters. The third-order valence-corrected chi connectivity index (χ3v) is 4.05. The van der Waals surface area contributed by atoms with E-state index >= 15 is 0 Å². The highest BCUT2D eigenvalue weighted by molar-refractivity contribution is 5.51. The first-order valence-electron chi connectivity index (χ1n) is 7.94. The number of aromatic nitrogens is 2. The summed E-state index contributed by atoms with van der Waals surface area (Å²) in [5.41, 5.74) is 9.58. The molecule has 20 heavy (non-hydrogen) atoms. The molecule has 0 saturated heterocycles. The number of hydrogen-bond donors (Lipinski definition) is 1. The lowest BCUT2D eigenvalue weighted by molar-refractivity contribution is 0.542. The molecule has 0 aliphatic heterocycles. The Morgan fingerprint density at radius 2 is 1.75 bits per heavy atom.